The standard InChI is InChI=1S/C12H16BrClN2O/c1-4-10(7(2)3)16-12(17)9-5-8(13)6-15-11(9)14/h5-7,10H,4H2,1-3H3,(H,16,17). The van der Waals surface area contributed by atoms with E-state index in [0.29, 0.717) is 11.5 Å². The van der Waals surface area contributed by atoms with Crippen LogP contribution in [0.15, 0.2) is 16.7 Å². The van der Waals surface area contributed by atoms with Gasteiger partial charge in [0.15, 0.2) is 0 Å². The highest BCUT2D eigenvalue weighted by molar-refractivity contribution is 9.10. The molecule has 1 amide bonds. The Balaban J connectivity index is 2.86. The zero-order valence-corrected chi connectivity index (χ0v) is 12.5. The molecule has 0 radical (unpaired) electrons. The molecule has 0 bridgehead atoms. The molecule has 1 N–H and O–H groups in total. The predicted molar refractivity (Wildman–Crippen MR) is 73.3 cm³/mol. The van der Waals surface area contributed by atoms with Crippen molar-refractivity contribution in [2.75, 3.05) is 0 Å². The summed E-state index contributed by atoms with van der Waals surface area (Å²) in [7, 11) is 0. The molecule has 1 aromatic rings. The molecular weight excluding hydrogens is 304 g/mol. The molecule has 0 saturated heterocycles. The lowest BCUT2D eigenvalue weighted by Crippen LogP contribution is -2.38. The second kappa shape index (κ2) is 6.36. The lowest BCUT2D eigenvalue weighted by atomic mass is 10.0. The van der Waals surface area contributed by atoms with Crippen LogP contribution in [0.2, 0.25) is 5.15 Å². The average Bonchev–Trinajstić information content (AvgIpc) is 2.28. The number of pyridine rings is 1. The fourth-order valence-corrected chi connectivity index (χ4v) is 2.09. The fraction of sp³-hybridized carbons (Fsp3) is 0.500. The van der Waals surface area contributed by atoms with Crippen LogP contribution >= 0.6 is 27.5 Å². The first kappa shape index (κ1) is 14.5. The number of amides is 1. The van der Waals surface area contributed by atoms with Gasteiger partial charge in [-0.05, 0) is 34.3 Å². The molecular formula is C12H16BrClN2O. The van der Waals surface area contributed by atoms with Crippen LogP contribution in [0.25, 0.3) is 0 Å². The Morgan fingerprint density at radius 3 is 2.76 bits per heavy atom. The molecule has 0 aliphatic rings. The Hall–Kier alpha value is -0.610. The summed E-state index contributed by atoms with van der Waals surface area (Å²) in [4.78, 5) is 16.0. The number of halogens is 2. The third-order valence-electron chi connectivity index (χ3n) is 2.61. The van der Waals surface area contributed by atoms with E-state index in [1.54, 1.807) is 12.3 Å². The zero-order chi connectivity index (χ0) is 13.0. The van der Waals surface area contributed by atoms with Gasteiger partial charge in [-0.25, -0.2) is 4.98 Å². The van der Waals surface area contributed by atoms with Crippen molar-refractivity contribution < 1.29 is 4.79 Å². The van der Waals surface area contributed by atoms with Gasteiger partial charge in [0.2, 0.25) is 0 Å². The van der Waals surface area contributed by atoms with Crippen LogP contribution in [0.4, 0.5) is 0 Å². The van der Waals surface area contributed by atoms with E-state index in [1.807, 2.05) is 6.92 Å². The lowest BCUT2D eigenvalue weighted by molar-refractivity contribution is 0.0924. The van der Waals surface area contributed by atoms with E-state index >= 15 is 0 Å². The zero-order valence-electron chi connectivity index (χ0n) is 10.1. The number of carbonyl (C=O) groups excluding carboxylic acids is 1. The Morgan fingerprint density at radius 1 is 1.59 bits per heavy atom. The van der Waals surface area contributed by atoms with E-state index in [2.05, 4.69) is 40.1 Å². The van der Waals surface area contributed by atoms with Crippen molar-refractivity contribution in [3.63, 3.8) is 0 Å². The molecule has 0 aliphatic heterocycles. The van der Waals surface area contributed by atoms with Crippen LogP contribution in [0, 0.1) is 5.92 Å². The Kier molecular flexibility index (Phi) is 5.40. The number of nitrogens with one attached hydrogen (secondary N) is 1. The molecule has 1 heterocycles. The summed E-state index contributed by atoms with van der Waals surface area (Å²) >= 11 is 9.18. The minimum Gasteiger partial charge on any atom is -0.349 e. The second-order valence-corrected chi connectivity index (χ2v) is 5.50. The van der Waals surface area contributed by atoms with Crippen molar-refractivity contribution in [3.05, 3.63) is 27.5 Å². The summed E-state index contributed by atoms with van der Waals surface area (Å²) in [6, 6.07) is 1.83. The number of rotatable bonds is 4. The van der Waals surface area contributed by atoms with Gasteiger partial charge in [-0.3, -0.25) is 4.79 Å². The number of carbonyl (C=O) groups is 1. The molecule has 0 aliphatic carbocycles. The summed E-state index contributed by atoms with van der Waals surface area (Å²) in [5.74, 6) is 0.215. The topological polar surface area (TPSA) is 42.0 Å². The maximum atomic E-state index is 12.0. The van der Waals surface area contributed by atoms with E-state index in [-0.39, 0.29) is 17.1 Å². The van der Waals surface area contributed by atoms with Crippen molar-refractivity contribution in [3.8, 4) is 0 Å². The van der Waals surface area contributed by atoms with Crippen LogP contribution in [-0.4, -0.2) is 16.9 Å². The molecule has 94 valence electrons. The predicted octanol–water partition coefficient (Wildman–Crippen LogP) is 3.66. The third-order valence-corrected chi connectivity index (χ3v) is 3.35. The smallest absolute Gasteiger partial charge is 0.254 e. The van der Waals surface area contributed by atoms with E-state index in [0.717, 1.165) is 10.9 Å². The SMILES string of the molecule is CCC(NC(=O)c1cc(Br)cnc1Cl)C(C)C. The highest BCUT2D eigenvalue weighted by Crippen LogP contribution is 2.18. The lowest BCUT2D eigenvalue weighted by Gasteiger charge is -2.20. The van der Waals surface area contributed by atoms with Crippen LogP contribution < -0.4 is 5.32 Å². The number of aromatic nitrogens is 1. The first-order chi connectivity index (χ1) is 7.95. The Labute approximate surface area is 115 Å². The van der Waals surface area contributed by atoms with Crippen LogP contribution in [0.5, 0.6) is 0 Å². The van der Waals surface area contributed by atoms with Gasteiger partial charge in [0.05, 0.1) is 5.56 Å². The van der Waals surface area contributed by atoms with Gasteiger partial charge < -0.3 is 5.32 Å². The Morgan fingerprint density at radius 2 is 2.24 bits per heavy atom. The quantitative estimate of drug-likeness (QED) is 0.861. The second-order valence-electron chi connectivity index (χ2n) is 4.22. The average molecular weight is 320 g/mol. The molecule has 5 heteroatoms. The van der Waals surface area contributed by atoms with Gasteiger partial charge >= 0.3 is 0 Å². The normalized spacial score (nSPS) is 12.6. The minimum absolute atomic E-state index is 0.151. The maximum absolute atomic E-state index is 12.0. The third kappa shape index (κ3) is 3.96. The molecule has 1 aromatic heterocycles. The highest BCUT2D eigenvalue weighted by atomic mass is 79.9. The van der Waals surface area contributed by atoms with E-state index in [9.17, 15) is 4.79 Å². The van der Waals surface area contributed by atoms with E-state index in [1.165, 1.54) is 0 Å². The summed E-state index contributed by atoms with van der Waals surface area (Å²) in [5, 5.41) is 3.19. The van der Waals surface area contributed by atoms with Crippen LogP contribution in [0.1, 0.15) is 37.6 Å². The van der Waals surface area contributed by atoms with Crippen LogP contribution in [0.3, 0.4) is 0 Å². The largest absolute Gasteiger partial charge is 0.349 e. The Bertz CT molecular complexity index is 409. The molecule has 1 unspecified atom stereocenters. The molecule has 1 rings (SSSR count). The summed E-state index contributed by atoms with van der Waals surface area (Å²) in [6.07, 6.45) is 2.46. The number of hydrogen-bond acceptors (Lipinski definition) is 2. The molecule has 0 fully saturated rings. The van der Waals surface area contributed by atoms with Gasteiger partial charge in [0.25, 0.3) is 5.91 Å². The van der Waals surface area contributed by atoms with Crippen molar-refractivity contribution in [1.82, 2.24) is 10.3 Å². The molecule has 17 heavy (non-hydrogen) atoms. The van der Waals surface area contributed by atoms with Crippen molar-refractivity contribution in [2.24, 2.45) is 5.92 Å². The van der Waals surface area contributed by atoms with Crippen molar-refractivity contribution in [1.29, 1.82) is 0 Å². The molecule has 0 saturated carbocycles. The summed E-state index contributed by atoms with van der Waals surface area (Å²) < 4.78 is 0.740. The first-order valence-corrected chi connectivity index (χ1v) is 6.74. The van der Waals surface area contributed by atoms with Crippen molar-refractivity contribution >= 4 is 33.4 Å². The van der Waals surface area contributed by atoms with Gasteiger partial charge in [-0.1, -0.05) is 32.4 Å². The maximum Gasteiger partial charge on any atom is 0.254 e. The van der Waals surface area contributed by atoms with Gasteiger partial charge in [0.1, 0.15) is 5.15 Å². The number of hydrogen-bond donors (Lipinski definition) is 1. The molecule has 1 atom stereocenters. The monoisotopic (exact) mass is 318 g/mol. The number of nitrogens with zero attached hydrogens (tertiary/aromatic N) is 1. The minimum atomic E-state index is -0.177. The van der Waals surface area contributed by atoms with Gasteiger partial charge in [-0.2, -0.15) is 0 Å². The van der Waals surface area contributed by atoms with Crippen LogP contribution in [-0.2, 0) is 0 Å². The van der Waals surface area contributed by atoms with Gasteiger partial charge in [-0.15, -0.1) is 0 Å². The molecule has 0 aromatic carbocycles. The first-order valence-electron chi connectivity index (χ1n) is 5.57. The van der Waals surface area contributed by atoms with Crippen molar-refractivity contribution in [2.45, 2.75) is 33.2 Å². The van der Waals surface area contributed by atoms with E-state index in [4.69, 9.17) is 11.6 Å². The highest BCUT2D eigenvalue weighted by Gasteiger charge is 2.18. The molecule has 3 nitrogen and oxygen atoms in total. The molecule has 0 spiro atoms. The fourth-order valence-electron chi connectivity index (χ4n) is 1.57. The summed E-state index contributed by atoms with van der Waals surface area (Å²) in [6.45, 7) is 6.20. The van der Waals surface area contributed by atoms with E-state index < -0.39 is 0 Å². The summed E-state index contributed by atoms with van der Waals surface area (Å²) in [5.41, 5.74) is 0.403. The van der Waals surface area contributed by atoms with Gasteiger partial charge in [0, 0.05) is 16.7 Å².